The van der Waals surface area contributed by atoms with Crippen LogP contribution >= 0.6 is 0 Å². The quantitative estimate of drug-likeness (QED) is 0.377. The molecule has 0 aliphatic carbocycles. The van der Waals surface area contributed by atoms with Crippen molar-refractivity contribution in [3.05, 3.63) is 65.1 Å². The highest BCUT2D eigenvalue weighted by molar-refractivity contribution is 6.10. The molecule has 170 valence electrons. The van der Waals surface area contributed by atoms with Gasteiger partial charge >= 0.3 is 0 Å². The zero-order valence-electron chi connectivity index (χ0n) is 17.9. The second kappa shape index (κ2) is 8.08. The van der Waals surface area contributed by atoms with Gasteiger partial charge in [0.05, 0.1) is 29.2 Å². The molecule has 2 N–H and O–H groups in total. The van der Waals surface area contributed by atoms with Gasteiger partial charge < -0.3 is 5.73 Å². The molecule has 4 rings (SSSR count). The number of aromatic nitrogens is 3. The van der Waals surface area contributed by atoms with Gasteiger partial charge in [-0.25, -0.2) is 23.2 Å². The Morgan fingerprint density at radius 1 is 1.09 bits per heavy atom. The lowest BCUT2D eigenvalue weighted by molar-refractivity contribution is -0.140. The van der Waals surface area contributed by atoms with Gasteiger partial charge in [-0.2, -0.15) is 5.10 Å². The number of halogens is 3. The Morgan fingerprint density at radius 2 is 1.82 bits per heavy atom. The molecule has 4 aromatic rings. The Hall–Kier alpha value is -4.15. The molecule has 2 amide bonds. The van der Waals surface area contributed by atoms with Crippen molar-refractivity contribution >= 4 is 39.4 Å². The van der Waals surface area contributed by atoms with Crippen LogP contribution in [0.15, 0.2) is 36.5 Å². The molecular formula is C22H19F3N6O2. The van der Waals surface area contributed by atoms with Crippen molar-refractivity contribution in [1.29, 1.82) is 0 Å². The Labute approximate surface area is 186 Å². The Kier molecular flexibility index (Phi) is 5.40. The monoisotopic (exact) mass is 456 g/mol. The molecule has 11 heteroatoms. The number of rotatable bonds is 3. The number of aryl methyl sites for hydroxylation is 1. The van der Waals surface area contributed by atoms with Gasteiger partial charge in [0.15, 0.2) is 17.5 Å². The average molecular weight is 456 g/mol. The van der Waals surface area contributed by atoms with E-state index >= 15 is 0 Å². The molecule has 33 heavy (non-hydrogen) atoms. The van der Waals surface area contributed by atoms with E-state index in [1.54, 1.807) is 30.1 Å². The predicted octanol–water partition coefficient (Wildman–Crippen LogP) is 3.16. The van der Waals surface area contributed by atoms with E-state index in [4.69, 9.17) is 5.73 Å². The summed E-state index contributed by atoms with van der Waals surface area (Å²) in [7, 11) is 3.04. The highest BCUT2D eigenvalue weighted by atomic mass is 19.2. The molecule has 0 spiro atoms. The first kappa shape index (κ1) is 22.1. The maximum absolute atomic E-state index is 14.3. The number of nitrogens with two attached hydrogens (primary N) is 1. The van der Waals surface area contributed by atoms with Crippen LogP contribution in [0.25, 0.3) is 21.8 Å². The Bertz CT molecular complexity index is 1440. The van der Waals surface area contributed by atoms with E-state index in [0.29, 0.717) is 21.8 Å². The van der Waals surface area contributed by atoms with E-state index in [1.807, 2.05) is 0 Å². The summed E-state index contributed by atoms with van der Waals surface area (Å²) in [6.45, 7) is 0.714. The lowest BCUT2D eigenvalue weighted by Crippen LogP contribution is -2.46. The fourth-order valence-electron chi connectivity index (χ4n) is 3.57. The summed E-state index contributed by atoms with van der Waals surface area (Å²) in [5, 5.41) is 7.32. The van der Waals surface area contributed by atoms with Gasteiger partial charge in [-0.15, -0.1) is 0 Å². The highest BCUT2D eigenvalue weighted by Crippen LogP contribution is 2.29. The molecule has 0 unspecified atom stereocenters. The van der Waals surface area contributed by atoms with E-state index in [0.717, 1.165) is 22.2 Å². The maximum atomic E-state index is 14.3. The third-order valence-electron chi connectivity index (χ3n) is 5.44. The van der Waals surface area contributed by atoms with Gasteiger partial charge in [0.25, 0.3) is 5.91 Å². The molecule has 2 aromatic carbocycles. The molecular weight excluding hydrogens is 437 g/mol. The average Bonchev–Trinajstić information content (AvgIpc) is 3.18. The topological polar surface area (TPSA) is 97.3 Å². The van der Waals surface area contributed by atoms with Crippen molar-refractivity contribution in [3.8, 4) is 0 Å². The Morgan fingerprint density at radius 3 is 2.52 bits per heavy atom. The van der Waals surface area contributed by atoms with Crippen molar-refractivity contribution in [2.45, 2.75) is 13.5 Å². The first-order valence-electron chi connectivity index (χ1n) is 9.79. The fraction of sp³-hybridized carbons (Fsp3) is 0.182. The zero-order valence-corrected chi connectivity index (χ0v) is 17.9. The van der Waals surface area contributed by atoms with E-state index in [2.05, 4.69) is 10.1 Å². The number of hydrogen-bond donors (Lipinski definition) is 1. The number of hydrazine groups is 1. The number of benzene rings is 2. The molecule has 0 fully saturated rings. The van der Waals surface area contributed by atoms with Gasteiger partial charge in [0, 0.05) is 37.5 Å². The van der Waals surface area contributed by atoms with Crippen LogP contribution in [0.5, 0.6) is 0 Å². The van der Waals surface area contributed by atoms with E-state index < -0.39 is 35.8 Å². The van der Waals surface area contributed by atoms with Crippen LogP contribution in [0.2, 0.25) is 0 Å². The molecule has 0 saturated carbocycles. The lowest BCUT2D eigenvalue weighted by Gasteiger charge is -2.31. The number of pyridine rings is 1. The number of nitrogens with zero attached hydrogens (tertiary/aromatic N) is 5. The third-order valence-corrected chi connectivity index (χ3v) is 5.44. The SMILES string of the molecule is CC(=O)N(C)N(Cc1ccc(F)c(F)c1F)C(=O)c1ccc2nc(N)c3cnn(C)c3c2c1. The minimum atomic E-state index is -1.65. The molecule has 0 bridgehead atoms. The lowest BCUT2D eigenvalue weighted by atomic mass is 10.1. The first-order valence-corrected chi connectivity index (χ1v) is 9.79. The van der Waals surface area contributed by atoms with Gasteiger partial charge in [0.2, 0.25) is 5.91 Å². The summed E-state index contributed by atoms with van der Waals surface area (Å²) in [6, 6.07) is 6.43. The number of amides is 2. The number of hydrogen-bond acceptors (Lipinski definition) is 5. The molecule has 0 saturated heterocycles. The summed E-state index contributed by atoms with van der Waals surface area (Å²) < 4.78 is 43.0. The normalized spacial score (nSPS) is 11.2. The summed E-state index contributed by atoms with van der Waals surface area (Å²) >= 11 is 0. The minimum absolute atomic E-state index is 0.160. The van der Waals surface area contributed by atoms with E-state index in [-0.39, 0.29) is 16.9 Å². The molecule has 0 radical (unpaired) electrons. The van der Waals surface area contributed by atoms with E-state index in [9.17, 15) is 22.8 Å². The van der Waals surface area contributed by atoms with Crippen LogP contribution in [-0.4, -0.2) is 43.6 Å². The van der Waals surface area contributed by atoms with Crippen molar-refractivity contribution in [3.63, 3.8) is 0 Å². The van der Waals surface area contributed by atoms with Crippen molar-refractivity contribution in [2.75, 3.05) is 12.8 Å². The number of nitrogen functional groups attached to an aromatic ring is 1. The summed E-state index contributed by atoms with van der Waals surface area (Å²) in [6.07, 6.45) is 1.56. The summed E-state index contributed by atoms with van der Waals surface area (Å²) in [4.78, 5) is 29.8. The van der Waals surface area contributed by atoms with Crippen LogP contribution in [0, 0.1) is 17.5 Å². The molecule has 0 atom stereocenters. The minimum Gasteiger partial charge on any atom is -0.383 e. The van der Waals surface area contributed by atoms with Crippen LogP contribution < -0.4 is 5.73 Å². The number of carbonyl (C=O) groups is 2. The molecule has 2 heterocycles. The fourth-order valence-corrected chi connectivity index (χ4v) is 3.57. The number of carbonyl (C=O) groups excluding carboxylic acids is 2. The molecule has 8 nitrogen and oxygen atoms in total. The Balaban J connectivity index is 1.81. The summed E-state index contributed by atoms with van der Waals surface area (Å²) in [5.74, 6) is -5.33. The zero-order chi connectivity index (χ0) is 24.0. The predicted molar refractivity (Wildman–Crippen MR) is 115 cm³/mol. The third kappa shape index (κ3) is 3.71. The van der Waals surface area contributed by atoms with Crippen LogP contribution in [0.1, 0.15) is 22.8 Å². The highest BCUT2D eigenvalue weighted by Gasteiger charge is 2.26. The smallest absolute Gasteiger partial charge is 0.272 e. The number of anilines is 1. The van der Waals surface area contributed by atoms with Gasteiger partial charge in [-0.05, 0) is 24.3 Å². The van der Waals surface area contributed by atoms with Crippen LogP contribution in [-0.2, 0) is 18.4 Å². The maximum Gasteiger partial charge on any atom is 0.272 e. The van der Waals surface area contributed by atoms with Gasteiger partial charge in [-0.3, -0.25) is 19.3 Å². The largest absolute Gasteiger partial charge is 0.383 e. The summed E-state index contributed by atoms with van der Waals surface area (Å²) in [5.41, 5.74) is 7.05. The van der Waals surface area contributed by atoms with Gasteiger partial charge in [-0.1, -0.05) is 6.07 Å². The number of fused-ring (bicyclic) bond motifs is 3. The van der Waals surface area contributed by atoms with Crippen LogP contribution in [0.3, 0.4) is 0 Å². The van der Waals surface area contributed by atoms with Gasteiger partial charge in [0.1, 0.15) is 5.82 Å². The van der Waals surface area contributed by atoms with E-state index in [1.165, 1.54) is 20.0 Å². The van der Waals surface area contributed by atoms with Crippen molar-refractivity contribution in [1.82, 2.24) is 24.8 Å². The second-order valence-electron chi connectivity index (χ2n) is 7.50. The van der Waals surface area contributed by atoms with Crippen molar-refractivity contribution < 1.29 is 22.8 Å². The molecule has 2 aromatic heterocycles. The van der Waals surface area contributed by atoms with Crippen molar-refractivity contribution in [2.24, 2.45) is 7.05 Å². The standard InChI is InChI=1S/C22H19F3N6O2/c1-11(32)30(3)31(10-13-4-6-16(23)19(25)18(13)24)22(33)12-5-7-17-14(8-12)20-15(21(26)28-17)9-27-29(20)2/h4-9H,10H2,1-3H3,(H2,26,28). The first-order chi connectivity index (χ1) is 15.6. The molecule has 0 aliphatic rings. The molecule has 0 aliphatic heterocycles. The van der Waals surface area contributed by atoms with Crippen LogP contribution in [0.4, 0.5) is 19.0 Å². The second-order valence-corrected chi connectivity index (χ2v) is 7.50.